The number of nitrogens with zero attached hydrogens (tertiary/aromatic N) is 7. The van der Waals surface area contributed by atoms with Gasteiger partial charge in [0.2, 0.25) is 0 Å². The zero-order chi connectivity index (χ0) is 18.9. The summed E-state index contributed by atoms with van der Waals surface area (Å²) in [7, 11) is 1.82. The average Bonchev–Trinajstić information content (AvgIpc) is 2.97. The Hall–Kier alpha value is -2.14. The van der Waals surface area contributed by atoms with Gasteiger partial charge in [0.1, 0.15) is 23.7 Å². The highest BCUT2D eigenvalue weighted by atomic mass is 35.5. The summed E-state index contributed by atoms with van der Waals surface area (Å²) in [6.45, 7) is 1.70. The molecule has 1 saturated heterocycles. The van der Waals surface area contributed by atoms with Crippen LogP contribution in [-0.2, 0) is 20.1 Å². The van der Waals surface area contributed by atoms with Gasteiger partial charge in [-0.3, -0.25) is 14.4 Å². The Morgan fingerprint density at radius 2 is 1.88 bits per heavy atom. The standard InChI is InChI=1S/C14H17ClF3N7O/c1-22-11(19-9-21-22)7-23-2-4-24(5-3-23)10-6-20-25(8-14(16,17)18)13(26)12(10)15/h6,9H,2-5,7-8H2,1H3. The number of piperazine rings is 1. The lowest BCUT2D eigenvalue weighted by molar-refractivity contribution is -0.143. The molecule has 1 fully saturated rings. The van der Waals surface area contributed by atoms with Crippen molar-refractivity contribution in [3.8, 4) is 0 Å². The van der Waals surface area contributed by atoms with Gasteiger partial charge in [-0.1, -0.05) is 11.6 Å². The molecule has 3 rings (SSSR count). The maximum absolute atomic E-state index is 12.5. The van der Waals surface area contributed by atoms with E-state index in [0.717, 1.165) is 5.82 Å². The van der Waals surface area contributed by atoms with E-state index < -0.39 is 18.3 Å². The van der Waals surface area contributed by atoms with E-state index >= 15 is 0 Å². The predicted molar refractivity (Wildman–Crippen MR) is 88.1 cm³/mol. The first-order valence-electron chi connectivity index (χ1n) is 7.87. The van der Waals surface area contributed by atoms with E-state index in [2.05, 4.69) is 20.1 Å². The highest BCUT2D eigenvalue weighted by molar-refractivity contribution is 6.33. The summed E-state index contributed by atoms with van der Waals surface area (Å²) >= 11 is 6.02. The van der Waals surface area contributed by atoms with Gasteiger partial charge < -0.3 is 4.90 Å². The normalized spacial score (nSPS) is 16.3. The molecule has 3 heterocycles. The second kappa shape index (κ2) is 7.23. The zero-order valence-corrected chi connectivity index (χ0v) is 14.7. The van der Waals surface area contributed by atoms with Crippen LogP contribution in [-0.4, -0.2) is 61.8 Å². The van der Waals surface area contributed by atoms with E-state index in [1.54, 1.807) is 4.68 Å². The molecule has 0 atom stereocenters. The number of aromatic nitrogens is 5. The van der Waals surface area contributed by atoms with Crippen molar-refractivity contribution in [2.45, 2.75) is 19.3 Å². The summed E-state index contributed by atoms with van der Waals surface area (Å²) in [6, 6.07) is 0. The summed E-state index contributed by atoms with van der Waals surface area (Å²) in [4.78, 5) is 20.2. The van der Waals surface area contributed by atoms with Crippen molar-refractivity contribution < 1.29 is 13.2 Å². The molecule has 26 heavy (non-hydrogen) atoms. The van der Waals surface area contributed by atoms with E-state index in [4.69, 9.17) is 11.6 Å². The number of aryl methyl sites for hydroxylation is 1. The first kappa shape index (κ1) is 18.6. The average molecular weight is 392 g/mol. The number of alkyl halides is 3. The molecule has 2 aromatic heterocycles. The molecule has 142 valence electrons. The van der Waals surface area contributed by atoms with Gasteiger partial charge in [0, 0.05) is 33.2 Å². The summed E-state index contributed by atoms with van der Waals surface area (Å²) in [5, 5.41) is 7.39. The Labute approximate surface area is 151 Å². The SMILES string of the molecule is Cn1ncnc1CN1CCN(c2cnn(CC(F)(F)F)c(=O)c2Cl)CC1. The molecule has 0 saturated carbocycles. The van der Waals surface area contributed by atoms with Crippen molar-refractivity contribution in [3.05, 3.63) is 33.7 Å². The minimum absolute atomic E-state index is 0.244. The lowest BCUT2D eigenvalue weighted by Gasteiger charge is -2.35. The first-order valence-corrected chi connectivity index (χ1v) is 8.25. The van der Waals surface area contributed by atoms with Crippen LogP contribution in [0.1, 0.15) is 5.82 Å². The van der Waals surface area contributed by atoms with Crippen molar-refractivity contribution in [1.82, 2.24) is 29.4 Å². The molecule has 0 spiro atoms. The van der Waals surface area contributed by atoms with Crippen LogP contribution < -0.4 is 10.5 Å². The van der Waals surface area contributed by atoms with Crippen molar-refractivity contribution in [2.75, 3.05) is 31.1 Å². The molecule has 0 N–H and O–H groups in total. The van der Waals surface area contributed by atoms with Crippen LogP contribution in [0.2, 0.25) is 5.02 Å². The molecule has 1 aliphatic heterocycles. The second-order valence-electron chi connectivity index (χ2n) is 5.98. The van der Waals surface area contributed by atoms with Gasteiger partial charge in [0.25, 0.3) is 5.56 Å². The smallest absolute Gasteiger partial charge is 0.366 e. The lowest BCUT2D eigenvalue weighted by Crippen LogP contribution is -2.47. The van der Waals surface area contributed by atoms with Gasteiger partial charge in [-0.15, -0.1) is 0 Å². The van der Waals surface area contributed by atoms with Crippen LogP contribution in [0.5, 0.6) is 0 Å². The summed E-state index contributed by atoms with van der Waals surface area (Å²) in [5.41, 5.74) is -0.587. The third kappa shape index (κ3) is 4.15. The van der Waals surface area contributed by atoms with Gasteiger partial charge in [-0.05, 0) is 0 Å². The quantitative estimate of drug-likeness (QED) is 0.771. The van der Waals surface area contributed by atoms with Gasteiger partial charge in [0.15, 0.2) is 0 Å². The zero-order valence-electron chi connectivity index (χ0n) is 13.9. The third-order valence-electron chi connectivity index (χ3n) is 4.18. The van der Waals surface area contributed by atoms with E-state index in [-0.39, 0.29) is 5.02 Å². The lowest BCUT2D eigenvalue weighted by atomic mass is 10.2. The predicted octanol–water partition coefficient (Wildman–Crippen LogP) is 0.910. The van der Waals surface area contributed by atoms with E-state index in [9.17, 15) is 18.0 Å². The van der Waals surface area contributed by atoms with Gasteiger partial charge in [-0.25, -0.2) is 9.67 Å². The fourth-order valence-electron chi connectivity index (χ4n) is 2.77. The summed E-state index contributed by atoms with van der Waals surface area (Å²) in [5.74, 6) is 0.841. The molecule has 12 heteroatoms. The van der Waals surface area contributed by atoms with Crippen molar-refractivity contribution in [1.29, 1.82) is 0 Å². The Morgan fingerprint density at radius 1 is 1.19 bits per heavy atom. The van der Waals surface area contributed by atoms with Crippen LogP contribution in [0.4, 0.5) is 18.9 Å². The summed E-state index contributed by atoms with van der Waals surface area (Å²) in [6.07, 6.45) is -1.83. The molecule has 0 radical (unpaired) electrons. The fourth-order valence-corrected chi connectivity index (χ4v) is 3.04. The number of rotatable bonds is 4. The molecule has 0 amide bonds. The van der Waals surface area contributed by atoms with Crippen LogP contribution in [0.3, 0.4) is 0 Å². The summed E-state index contributed by atoms with van der Waals surface area (Å²) < 4.78 is 39.4. The Bertz CT molecular complexity index is 827. The van der Waals surface area contributed by atoms with E-state index in [0.29, 0.717) is 43.1 Å². The minimum Gasteiger partial charge on any atom is -0.366 e. The van der Waals surface area contributed by atoms with Crippen LogP contribution in [0.15, 0.2) is 17.3 Å². The number of anilines is 1. The van der Waals surface area contributed by atoms with Crippen LogP contribution in [0.25, 0.3) is 0 Å². The topological polar surface area (TPSA) is 72.1 Å². The number of halogens is 4. The van der Waals surface area contributed by atoms with Gasteiger partial charge in [0.05, 0.1) is 18.4 Å². The highest BCUT2D eigenvalue weighted by Gasteiger charge is 2.30. The first-order chi connectivity index (χ1) is 12.2. The maximum atomic E-state index is 12.5. The molecule has 2 aromatic rings. The Kier molecular flexibility index (Phi) is 5.19. The third-order valence-corrected chi connectivity index (χ3v) is 4.53. The molecule has 0 bridgehead atoms. The largest absolute Gasteiger partial charge is 0.408 e. The van der Waals surface area contributed by atoms with Crippen molar-refractivity contribution in [2.24, 2.45) is 7.05 Å². The molecule has 0 aliphatic carbocycles. The van der Waals surface area contributed by atoms with E-state index in [1.165, 1.54) is 12.5 Å². The fraction of sp³-hybridized carbons (Fsp3) is 0.571. The number of hydrogen-bond acceptors (Lipinski definition) is 6. The Balaban J connectivity index is 1.67. The molecular weight excluding hydrogens is 375 g/mol. The second-order valence-corrected chi connectivity index (χ2v) is 6.36. The molecular formula is C14H17ClF3N7O. The monoisotopic (exact) mass is 391 g/mol. The highest BCUT2D eigenvalue weighted by Crippen LogP contribution is 2.23. The Morgan fingerprint density at radius 3 is 2.46 bits per heavy atom. The minimum atomic E-state index is -4.53. The van der Waals surface area contributed by atoms with Crippen LogP contribution in [0, 0.1) is 0 Å². The van der Waals surface area contributed by atoms with Gasteiger partial charge in [-0.2, -0.15) is 23.4 Å². The van der Waals surface area contributed by atoms with Crippen molar-refractivity contribution >= 4 is 17.3 Å². The van der Waals surface area contributed by atoms with E-state index in [1.807, 2.05) is 11.9 Å². The van der Waals surface area contributed by atoms with Crippen LogP contribution >= 0.6 is 11.6 Å². The maximum Gasteiger partial charge on any atom is 0.408 e. The van der Waals surface area contributed by atoms with Gasteiger partial charge >= 0.3 is 6.18 Å². The molecule has 1 aliphatic rings. The number of hydrogen-bond donors (Lipinski definition) is 0. The molecule has 0 aromatic carbocycles. The molecule has 8 nitrogen and oxygen atoms in total. The molecule has 0 unspecified atom stereocenters. The van der Waals surface area contributed by atoms with Crippen molar-refractivity contribution in [3.63, 3.8) is 0 Å².